The number of carbonyl (C=O) groups excluding carboxylic acids is 1. The molecule has 0 saturated heterocycles. The van der Waals surface area contributed by atoms with Gasteiger partial charge in [0.05, 0.1) is 10.6 Å². The lowest BCUT2D eigenvalue weighted by Gasteiger charge is -2.28. The first-order valence-electron chi connectivity index (χ1n) is 9.64. The number of hydrogen-bond acceptors (Lipinski definition) is 4. The summed E-state index contributed by atoms with van der Waals surface area (Å²) in [5.41, 5.74) is -2.52. The largest absolute Gasteiger partial charge is 0.420 e. The Kier molecular flexibility index (Phi) is 6.35. The zero-order valence-electron chi connectivity index (χ0n) is 16.9. The fourth-order valence-electron chi connectivity index (χ4n) is 3.75. The number of hydrogen-bond donors (Lipinski definition) is 2. The number of primary sulfonamides is 1. The molecule has 0 spiro atoms. The summed E-state index contributed by atoms with van der Waals surface area (Å²) in [6, 6.07) is 4.73. The minimum Gasteiger partial charge on any atom is -0.321 e. The summed E-state index contributed by atoms with van der Waals surface area (Å²) in [5, 5.41) is 11.1. The highest BCUT2D eigenvalue weighted by Crippen LogP contribution is 2.39. The van der Waals surface area contributed by atoms with Gasteiger partial charge in [-0.05, 0) is 43.9 Å². The van der Waals surface area contributed by atoms with Gasteiger partial charge in [0.2, 0.25) is 15.9 Å². The second-order valence-electron chi connectivity index (χ2n) is 7.82. The van der Waals surface area contributed by atoms with E-state index in [0.717, 1.165) is 17.7 Å². The van der Waals surface area contributed by atoms with E-state index in [0.29, 0.717) is 0 Å². The van der Waals surface area contributed by atoms with E-state index < -0.39 is 45.0 Å². The van der Waals surface area contributed by atoms with Crippen molar-refractivity contribution in [1.29, 1.82) is 0 Å². The van der Waals surface area contributed by atoms with Crippen molar-refractivity contribution in [2.75, 3.05) is 5.32 Å². The Morgan fingerprint density at radius 3 is 2.47 bits per heavy atom. The van der Waals surface area contributed by atoms with Crippen LogP contribution in [0.5, 0.6) is 0 Å². The highest BCUT2D eigenvalue weighted by Gasteiger charge is 2.42. The number of rotatable bonds is 5. The summed E-state index contributed by atoms with van der Waals surface area (Å²) in [5.74, 6) is -4.33. The van der Waals surface area contributed by atoms with Crippen molar-refractivity contribution in [1.82, 2.24) is 9.78 Å². The Balaban J connectivity index is 1.94. The average Bonchev–Trinajstić information content (AvgIpc) is 2.99. The minimum atomic E-state index is -4.89. The molecule has 1 aromatic carbocycles. The Bertz CT molecular complexity index is 1120. The molecule has 1 saturated carbocycles. The van der Waals surface area contributed by atoms with E-state index in [2.05, 4.69) is 10.4 Å². The van der Waals surface area contributed by atoms with Crippen molar-refractivity contribution in [2.45, 2.75) is 56.1 Å². The van der Waals surface area contributed by atoms with E-state index in [-0.39, 0.29) is 48.7 Å². The first-order valence-corrected chi connectivity index (χ1v) is 11.2. The van der Waals surface area contributed by atoms with Crippen LogP contribution in [0.2, 0.25) is 0 Å². The maximum Gasteiger partial charge on any atom is 0.420 e. The van der Waals surface area contributed by atoms with Gasteiger partial charge in [-0.1, -0.05) is 6.07 Å². The number of carbonyl (C=O) groups is 1. The molecule has 13 heteroatoms. The monoisotopic (exact) mass is 480 g/mol. The van der Waals surface area contributed by atoms with Gasteiger partial charge >= 0.3 is 6.18 Å². The van der Waals surface area contributed by atoms with Crippen LogP contribution in [0, 0.1) is 12.8 Å². The summed E-state index contributed by atoms with van der Waals surface area (Å²) < 4.78 is 91.8. The van der Waals surface area contributed by atoms with Crippen molar-refractivity contribution in [2.24, 2.45) is 11.1 Å². The Morgan fingerprint density at radius 1 is 1.28 bits per heavy atom. The van der Waals surface area contributed by atoms with Crippen molar-refractivity contribution in [3.8, 4) is 0 Å². The van der Waals surface area contributed by atoms with Crippen LogP contribution in [0.15, 0.2) is 29.2 Å². The number of anilines is 1. The molecule has 0 bridgehead atoms. The number of sulfonamides is 1. The maximum absolute atomic E-state index is 13.7. The molecule has 0 unspecified atom stereocenters. The molecule has 1 fully saturated rings. The number of nitrogens with two attached hydrogens (primary N) is 1. The van der Waals surface area contributed by atoms with Gasteiger partial charge in [0.1, 0.15) is 11.3 Å². The number of benzene rings is 1. The topological polar surface area (TPSA) is 107 Å². The first kappa shape index (κ1) is 24.1. The molecule has 1 aliphatic rings. The molecule has 176 valence electrons. The quantitative estimate of drug-likeness (QED) is 0.632. The highest BCUT2D eigenvalue weighted by molar-refractivity contribution is 7.89. The van der Waals surface area contributed by atoms with Gasteiger partial charge in [-0.3, -0.25) is 9.48 Å². The molecule has 0 radical (unpaired) electrons. The van der Waals surface area contributed by atoms with Crippen molar-refractivity contribution < 1.29 is 35.2 Å². The number of aromatic nitrogens is 2. The lowest BCUT2D eigenvalue weighted by atomic mass is 9.87. The summed E-state index contributed by atoms with van der Waals surface area (Å²) in [7, 11) is -4.10. The van der Waals surface area contributed by atoms with E-state index in [1.165, 1.54) is 18.2 Å². The van der Waals surface area contributed by atoms with Gasteiger partial charge in [-0.2, -0.15) is 18.3 Å². The fourth-order valence-corrected chi connectivity index (χ4v) is 4.31. The molecule has 2 aromatic rings. The third-order valence-electron chi connectivity index (χ3n) is 5.31. The molecular weight excluding hydrogens is 459 g/mol. The molecular formula is C19H21F5N4O3S. The second kappa shape index (κ2) is 8.43. The Hall–Kier alpha value is -2.54. The molecule has 0 atom stereocenters. The second-order valence-corrected chi connectivity index (χ2v) is 9.38. The summed E-state index contributed by atoms with van der Waals surface area (Å²) >= 11 is 0. The molecule has 0 aliphatic heterocycles. The molecule has 32 heavy (non-hydrogen) atoms. The van der Waals surface area contributed by atoms with Crippen LogP contribution in [0.4, 0.5) is 27.6 Å². The van der Waals surface area contributed by atoms with Gasteiger partial charge in [0, 0.05) is 25.1 Å². The number of nitrogens with zero attached hydrogens (tertiary/aromatic N) is 2. The van der Waals surface area contributed by atoms with E-state index in [9.17, 15) is 35.2 Å². The van der Waals surface area contributed by atoms with Crippen molar-refractivity contribution in [3.63, 3.8) is 0 Å². The number of halogens is 5. The normalized spacial score (nSPS) is 17.3. The van der Waals surface area contributed by atoms with E-state index in [1.54, 1.807) is 0 Å². The SMILES string of the molecule is Cc1nn(CC2CCC(F)(F)CC2)c(C(=O)Nc2cccc(S(N)(=O)=O)c2)c1C(F)(F)F. The Labute approximate surface area is 180 Å². The van der Waals surface area contributed by atoms with Crippen LogP contribution in [0.1, 0.15) is 47.4 Å². The van der Waals surface area contributed by atoms with Gasteiger partial charge in [-0.15, -0.1) is 0 Å². The molecule has 3 rings (SSSR count). The van der Waals surface area contributed by atoms with Gasteiger partial charge in [0.15, 0.2) is 0 Å². The minimum absolute atomic E-state index is 0.0858. The van der Waals surface area contributed by atoms with Crippen molar-refractivity contribution >= 4 is 21.6 Å². The smallest absolute Gasteiger partial charge is 0.321 e. The van der Waals surface area contributed by atoms with Crippen LogP contribution >= 0.6 is 0 Å². The lowest BCUT2D eigenvalue weighted by Crippen LogP contribution is -2.29. The average molecular weight is 480 g/mol. The third-order valence-corrected chi connectivity index (χ3v) is 6.23. The molecule has 3 N–H and O–H groups in total. The fraction of sp³-hybridized carbons (Fsp3) is 0.474. The van der Waals surface area contributed by atoms with Gasteiger partial charge < -0.3 is 5.32 Å². The number of alkyl halides is 5. The molecule has 1 amide bonds. The standard InChI is InChI=1S/C19H21F5N4O3S/c1-11-15(19(22,23)24)16(28(27-11)10-12-5-7-18(20,21)8-6-12)17(29)26-13-3-2-4-14(9-13)32(25,30)31/h2-4,9,12H,5-8,10H2,1H3,(H,26,29)(H2,25,30,31). The molecule has 1 heterocycles. The predicted octanol–water partition coefficient (Wildman–Crippen LogP) is 3.94. The third kappa shape index (κ3) is 5.44. The molecule has 1 aromatic heterocycles. The predicted molar refractivity (Wildman–Crippen MR) is 105 cm³/mol. The lowest BCUT2D eigenvalue weighted by molar-refractivity contribution is -0.138. The summed E-state index contributed by atoms with van der Waals surface area (Å²) in [6.45, 7) is 0.972. The molecule has 1 aliphatic carbocycles. The van der Waals surface area contributed by atoms with Crippen LogP contribution < -0.4 is 10.5 Å². The highest BCUT2D eigenvalue weighted by atomic mass is 32.2. The Morgan fingerprint density at radius 2 is 1.91 bits per heavy atom. The maximum atomic E-state index is 13.7. The zero-order valence-corrected chi connectivity index (χ0v) is 17.7. The number of amides is 1. The van der Waals surface area contributed by atoms with Crippen LogP contribution in [-0.4, -0.2) is 30.0 Å². The van der Waals surface area contributed by atoms with Crippen LogP contribution in [-0.2, 0) is 22.7 Å². The zero-order chi connectivity index (χ0) is 23.9. The number of aryl methyl sites for hydroxylation is 1. The number of nitrogens with one attached hydrogen (secondary N) is 1. The first-order chi connectivity index (χ1) is 14.7. The molecule has 7 nitrogen and oxygen atoms in total. The summed E-state index contributed by atoms with van der Waals surface area (Å²) in [4.78, 5) is 12.5. The van der Waals surface area contributed by atoms with E-state index >= 15 is 0 Å². The van der Waals surface area contributed by atoms with Crippen LogP contribution in [0.3, 0.4) is 0 Å². The summed E-state index contributed by atoms with van der Waals surface area (Å²) in [6.07, 6.45) is -5.48. The van der Waals surface area contributed by atoms with Gasteiger partial charge in [0.25, 0.3) is 5.91 Å². The van der Waals surface area contributed by atoms with Gasteiger partial charge in [-0.25, -0.2) is 22.3 Å². The van der Waals surface area contributed by atoms with E-state index in [4.69, 9.17) is 5.14 Å². The van der Waals surface area contributed by atoms with Crippen molar-refractivity contribution in [3.05, 3.63) is 41.2 Å². The van der Waals surface area contributed by atoms with Crippen LogP contribution in [0.25, 0.3) is 0 Å². The van der Waals surface area contributed by atoms with E-state index in [1.807, 2.05) is 0 Å².